The predicted molar refractivity (Wildman–Crippen MR) is 107 cm³/mol. The number of hydrogen-bond donors (Lipinski definition) is 0. The number of amides is 1. The average molecular weight is 370 g/mol. The normalized spacial score (nSPS) is 19.0. The van der Waals surface area contributed by atoms with E-state index in [1.807, 2.05) is 4.90 Å². The van der Waals surface area contributed by atoms with E-state index in [0.717, 1.165) is 63.5 Å². The number of benzene rings is 1. The van der Waals surface area contributed by atoms with Gasteiger partial charge < -0.3 is 19.1 Å². The van der Waals surface area contributed by atoms with E-state index >= 15 is 0 Å². The summed E-state index contributed by atoms with van der Waals surface area (Å²) in [6.07, 6.45) is 4.14. The Morgan fingerprint density at radius 2 is 1.89 bits per heavy atom. The number of fused-ring (bicyclic) bond motifs is 1. The summed E-state index contributed by atoms with van der Waals surface area (Å²) < 4.78 is 7.74. The molecule has 0 spiro atoms. The minimum atomic E-state index is 0.146. The standard InChI is InChI=1S/C21H30N4O2/c1-2-3-10-25-19-7-5-4-6-18(19)22-21(25)24-11-8-17(9-12-24)20(26)23-13-15-27-16-14-23/h4-7,17H,2-3,8-16H2,1H3. The smallest absolute Gasteiger partial charge is 0.225 e. The molecule has 6 nitrogen and oxygen atoms in total. The lowest BCUT2D eigenvalue weighted by Crippen LogP contribution is -2.47. The van der Waals surface area contributed by atoms with Gasteiger partial charge in [0.25, 0.3) is 0 Å². The van der Waals surface area contributed by atoms with E-state index in [0.29, 0.717) is 19.1 Å². The van der Waals surface area contributed by atoms with Crippen LogP contribution in [0.5, 0.6) is 0 Å². The number of piperidine rings is 1. The second-order valence-electron chi connectivity index (χ2n) is 7.60. The number of para-hydroxylation sites is 2. The summed E-state index contributed by atoms with van der Waals surface area (Å²) in [6, 6.07) is 8.40. The third kappa shape index (κ3) is 3.81. The molecule has 146 valence electrons. The highest BCUT2D eigenvalue weighted by atomic mass is 16.5. The SMILES string of the molecule is CCCCn1c(N2CCC(C(=O)N3CCOCC3)CC2)nc2ccccc21. The lowest BCUT2D eigenvalue weighted by Gasteiger charge is -2.36. The molecule has 2 saturated heterocycles. The molecule has 2 aromatic rings. The van der Waals surface area contributed by atoms with Crippen LogP contribution in [0.2, 0.25) is 0 Å². The Kier molecular flexibility index (Phi) is 5.62. The number of anilines is 1. The third-order valence-corrected chi connectivity index (χ3v) is 5.82. The molecule has 27 heavy (non-hydrogen) atoms. The van der Waals surface area contributed by atoms with Crippen LogP contribution in [0.4, 0.5) is 5.95 Å². The van der Waals surface area contributed by atoms with Gasteiger partial charge in [-0.15, -0.1) is 0 Å². The number of morpholine rings is 1. The van der Waals surface area contributed by atoms with Gasteiger partial charge in [0.05, 0.1) is 24.2 Å². The van der Waals surface area contributed by atoms with Gasteiger partial charge in [0.2, 0.25) is 11.9 Å². The first-order valence-corrected chi connectivity index (χ1v) is 10.3. The van der Waals surface area contributed by atoms with Gasteiger partial charge in [0.1, 0.15) is 0 Å². The number of ether oxygens (including phenoxy) is 1. The van der Waals surface area contributed by atoms with Crippen LogP contribution in [0.25, 0.3) is 11.0 Å². The van der Waals surface area contributed by atoms with Crippen molar-refractivity contribution in [1.29, 1.82) is 0 Å². The molecule has 0 saturated carbocycles. The van der Waals surface area contributed by atoms with Crippen LogP contribution in [0.15, 0.2) is 24.3 Å². The number of hydrogen-bond acceptors (Lipinski definition) is 4. The Morgan fingerprint density at radius 3 is 2.63 bits per heavy atom. The molecule has 0 atom stereocenters. The highest BCUT2D eigenvalue weighted by Crippen LogP contribution is 2.28. The van der Waals surface area contributed by atoms with Crippen LogP contribution >= 0.6 is 0 Å². The largest absolute Gasteiger partial charge is 0.378 e. The van der Waals surface area contributed by atoms with Crippen LogP contribution in [-0.4, -0.2) is 59.8 Å². The van der Waals surface area contributed by atoms with Crippen LogP contribution in [0.1, 0.15) is 32.6 Å². The fourth-order valence-electron chi connectivity index (χ4n) is 4.21. The van der Waals surface area contributed by atoms with E-state index in [1.165, 1.54) is 11.9 Å². The molecule has 0 aliphatic carbocycles. The van der Waals surface area contributed by atoms with Gasteiger partial charge in [-0.25, -0.2) is 4.98 Å². The van der Waals surface area contributed by atoms with Crippen molar-refractivity contribution in [1.82, 2.24) is 14.5 Å². The zero-order valence-electron chi connectivity index (χ0n) is 16.3. The summed E-state index contributed by atoms with van der Waals surface area (Å²) in [5.74, 6) is 1.53. The Bertz CT molecular complexity index is 774. The molecule has 0 unspecified atom stereocenters. The molecule has 4 rings (SSSR count). The molecule has 1 amide bonds. The molecule has 0 bridgehead atoms. The van der Waals surface area contributed by atoms with Crippen molar-refractivity contribution in [2.24, 2.45) is 5.92 Å². The topological polar surface area (TPSA) is 50.6 Å². The second-order valence-corrected chi connectivity index (χ2v) is 7.60. The summed E-state index contributed by atoms with van der Waals surface area (Å²) >= 11 is 0. The quantitative estimate of drug-likeness (QED) is 0.812. The maximum absolute atomic E-state index is 12.8. The van der Waals surface area contributed by atoms with Gasteiger partial charge in [-0.2, -0.15) is 0 Å². The van der Waals surface area contributed by atoms with Crippen molar-refractivity contribution in [2.45, 2.75) is 39.2 Å². The molecular formula is C21H30N4O2. The molecule has 6 heteroatoms. The average Bonchev–Trinajstić information content (AvgIpc) is 3.11. The van der Waals surface area contributed by atoms with E-state index in [4.69, 9.17) is 9.72 Å². The van der Waals surface area contributed by atoms with Crippen molar-refractivity contribution >= 4 is 22.9 Å². The van der Waals surface area contributed by atoms with Crippen LogP contribution in [-0.2, 0) is 16.1 Å². The number of aryl methyl sites for hydroxylation is 1. The van der Waals surface area contributed by atoms with E-state index in [2.05, 4.69) is 40.7 Å². The minimum absolute atomic E-state index is 0.146. The third-order valence-electron chi connectivity index (χ3n) is 5.82. The maximum Gasteiger partial charge on any atom is 0.225 e. The van der Waals surface area contributed by atoms with Gasteiger partial charge in [-0.3, -0.25) is 4.79 Å². The summed E-state index contributed by atoms with van der Waals surface area (Å²) in [4.78, 5) is 22.1. The van der Waals surface area contributed by atoms with Crippen molar-refractivity contribution in [2.75, 3.05) is 44.3 Å². The molecule has 0 N–H and O–H groups in total. The van der Waals surface area contributed by atoms with Crippen LogP contribution in [0, 0.1) is 5.92 Å². The zero-order chi connectivity index (χ0) is 18.6. The van der Waals surface area contributed by atoms with Crippen LogP contribution in [0.3, 0.4) is 0 Å². The van der Waals surface area contributed by atoms with Crippen LogP contribution < -0.4 is 4.90 Å². The van der Waals surface area contributed by atoms with E-state index in [9.17, 15) is 4.79 Å². The number of rotatable bonds is 5. The molecule has 0 radical (unpaired) electrons. The number of carbonyl (C=O) groups excluding carboxylic acids is 1. The number of imidazole rings is 1. The predicted octanol–water partition coefficient (Wildman–Crippen LogP) is 2.91. The van der Waals surface area contributed by atoms with Gasteiger partial charge in [0, 0.05) is 38.6 Å². The van der Waals surface area contributed by atoms with Crippen molar-refractivity contribution in [3.05, 3.63) is 24.3 Å². The van der Waals surface area contributed by atoms with Crippen molar-refractivity contribution in [3.8, 4) is 0 Å². The van der Waals surface area contributed by atoms with Crippen molar-refractivity contribution < 1.29 is 9.53 Å². The monoisotopic (exact) mass is 370 g/mol. The molecular weight excluding hydrogens is 340 g/mol. The summed E-state index contributed by atoms with van der Waals surface area (Å²) in [7, 11) is 0. The summed E-state index contributed by atoms with van der Waals surface area (Å²) in [5, 5.41) is 0. The molecule has 3 heterocycles. The van der Waals surface area contributed by atoms with E-state index in [1.54, 1.807) is 0 Å². The lowest BCUT2D eigenvalue weighted by molar-refractivity contribution is -0.140. The number of unbranched alkanes of at least 4 members (excludes halogenated alkanes) is 1. The van der Waals surface area contributed by atoms with Gasteiger partial charge in [-0.1, -0.05) is 25.5 Å². The first-order valence-electron chi connectivity index (χ1n) is 10.3. The molecule has 2 aliphatic rings. The molecule has 2 aliphatic heterocycles. The fourth-order valence-corrected chi connectivity index (χ4v) is 4.21. The van der Waals surface area contributed by atoms with Gasteiger partial charge >= 0.3 is 0 Å². The summed E-state index contributed by atoms with van der Waals surface area (Å²) in [5.41, 5.74) is 2.28. The number of nitrogens with zero attached hydrogens (tertiary/aromatic N) is 4. The van der Waals surface area contributed by atoms with Crippen molar-refractivity contribution in [3.63, 3.8) is 0 Å². The number of carbonyl (C=O) groups is 1. The lowest BCUT2D eigenvalue weighted by atomic mass is 9.95. The maximum atomic E-state index is 12.8. The first-order chi connectivity index (χ1) is 13.3. The molecule has 1 aromatic carbocycles. The minimum Gasteiger partial charge on any atom is -0.378 e. The molecule has 2 fully saturated rings. The summed E-state index contributed by atoms with van der Waals surface area (Å²) in [6.45, 7) is 7.85. The van der Waals surface area contributed by atoms with Gasteiger partial charge in [0.15, 0.2) is 0 Å². The van der Waals surface area contributed by atoms with Gasteiger partial charge in [-0.05, 0) is 31.4 Å². The molecule has 1 aromatic heterocycles. The Hall–Kier alpha value is -2.08. The highest BCUT2D eigenvalue weighted by Gasteiger charge is 2.30. The van der Waals surface area contributed by atoms with E-state index in [-0.39, 0.29) is 5.92 Å². The Labute approximate surface area is 161 Å². The number of aromatic nitrogens is 2. The first kappa shape index (κ1) is 18.3. The van der Waals surface area contributed by atoms with E-state index < -0.39 is 0 Å². The Morgan fingerprint density at radius 1 is 1.15 bits per heavy atom. The zero-order valence-corrected chi connectivity index (χ0v) is 16.3. The fraction of sp³-hybridized carbons (Fsp3) is 0.619. The second kappa shape index (κ2) is 8.30. The Balaban J connectivity index is 1.47. The highest BCUT2D eigenvalue weighted by molar-refractivity contribution is 5.80.